The Labute approximate surface area is 155 Å². The van der Waals surface area contributed by atoms with Crippen LogP contribution in [0.3, 0.4) is 0 Å². The van der Waals surface area contributed by atoms with Crippen LogP contribution in [-0.4, -0.2) is 79.4 Å². The Morgan fingerprint density at radius 3 is 1.24 bits per heavy atom. The molecule has 154 valence electrons. The molecule has 0 bridgehead atoms. The van der Waals surface area contributed by atoms with Gasteiger partial charge in [-0.1, -0.05) is 0 Å². The van der Waals surface area contributed by atoms with E-state index >= 15 is 0 Å². The molecular weight excluding hydrogens is 362 g/mol. The summed E-state index contributed by atoms with van der Waals surface area (Å²) in [6.45, 7) is 2.48. The van der Waals surface area contributed by atoms with E-state index in [0.29, 0.717) is 26.2 Å². The highest BCUT2D eigenvalue weighted by molar-refractivity contribution is 6.60. The lowest BCUT2D eigenvalue weighted by molar-refractivity contribution is 0.0973. The van der Waals surface area contributed by atoms with E-state index in [1.807, 2.05) is 0 Å². The normalized spacial score (nSPS) is 12.0. The molecule has 0 rings (SSSR count). The highest BCUT2D eigenvalue weighted by Gasteiger charge is 2.38. The van der Waals surface area contributed by atoms with Crippen molar-refractivity contribution in [3.8, 4) is 0 Å². The summed E-state index contributed by atoms with van der Waals surface area (Å²) in [6.07, 6.45) is 2.56. The van der Waals surface area contributed by atoms with Crippen LogP contribution in [0.25, 0.3) is 0 Å². The Kier molecular flexibility index (Phi) is 19.1. The summed E-state index contributed by atoms with van der Waals surface area (Å²) in [5.74, 6) is 0. The predicted molar refractivity (Wildman–Crippen MR) is 103 cm³/mol. The van der Waals surface area contributed by atoms with Crippen molar-refractivity contribution in [1.29, 1.82) is 0 Å². The maximum Gasteiger partial charge on any atom is 0.500 e. The summed E-state index contributed by atoms with van der Waals surface area (Å²) in [5.41, 5.74) is 16.2. The molecule has 9 nitrogen and oxygen atoms in total. The molecule has 0 saturated carbocycles. The summed E-state index contributed by atoms with van der Waals surface area (Å²) >= 11 is 0. The number of hydrogen-bond donors (Lipinski definition) is 3. The van der Waals surface area contributed by atoms with Gasteiger partial charge in [-0.25, -0.2) is 0 Å². The molecule has 0 aromatic rings. The summed E-state index contributed by atoms with van der Waals surface area (Å²) < 4.78 is 31.8. The molecule has 25 heavy (non-hydrogen) atoms. The van der Waals surface area contributed by atoms with Crippen LogP contribution in [0.1, 0.15) is 19.3 Å². The van der Waals surface area contributed by atoms with Gasteiger partial charge in [-0.05, 0) is 38.9 Å². The maximum atomic E-state index is 5.63. The van der Waals surface area contributed by atoms with Gasteiger partial charge >= 0.3 is 17.6 Å². The van der Waals surface area contributed by atoms with Crippen LogP contribution >= 0.6 is 0 Å². The maximum absolute atomic E-state index is 5.63. The molecule has 6 N–H and O–H groups in total. The molecule has 0 aliphatic carbocycles. The molecule has 0 atom stereocenters. The largest absolute Gasteiger partial charge is 0.500 e. The van der Waals surface area contributed by atoms with Gasteiger partial charge in [-0.2, -0.15) is 0 Å². The van der Waals surface area contributed by atoms with E-state index < -0.39 is 17.6 Å². The first-order chi connectivity index (χ1) is 12.0. The van der Waals surface area contributed by atoms with Gasteiger partial charge in [-0.3, -0.25) is 0 Å². The van der Waals surface area contributed by atoms with E-state index in [-0.39, 0.29) is 0 Å². The van der Waals surface area contributed by atoms with Crippen molar-refractivity contribution in [2.75, 3.05) is 61.8 Å². The molecule has 0 saturated heterocycles. The number of rotatable bonds is 15. The second kappa shape index (κ2) is 17.5. The van der Waals surface area contributed by atoms with Gasteiger partial charge in [0, 0.05) is 54.2 Å². The summed E-state index contributed by atoms with van der Waals surface area (Å²) in [7, 11) is 3.30. The lowest BCUT2D eigenvalue weighted by atomic mass is 10.5. The van der Waals surface area contributed by atoms with E-state index in [9.17, 15) is 0 Å². The van der Waals surface area contributed by atoms with E-state index in [2.05, 4.69) is 0 Å². The first kappa shape index (κ1) is 27.3. The van der Waals surface area contributed by atoms with Gasteiger partial charge in [0.25, 0.3) is 0 Å². The zero-order chi connectivity index (χ0) is 19.6. The Morgan fingerprint density at radius 2 is 0.920 bits per heavy atom. The minimum Gasteiger partial charge on any atom is -0.377 e. The average Bonchev–Trinajstić information content (AvgIpc) is 2.67. The molecule has 0 fully saturated rings. The zero-order valence-electron chi connectivity index (χ0n) is 16.5. The third-order valence-electron chi connectivity index (χ3n) is 3.60. The first-order valence-corrected chi connectivity index (χ1v) is 12.4. The summed E-state index contributed by atoms with van der Waals surface area (Å²) in [4.78, 5) is 0. The van der Waals surface area contributed by atoms with Gasteiger partial charge in [-0.15, -0.1) is 0 Å². The van der Waals surface area contributed by atoms with E-state index in [0.717, 1.165) is 31.4 Å². The Hall–Kier alpha value is 0.0738. The fourth-order valence-corrected chi connectivity index (χ4v) is 5.78. The van der Waals surface area contributed by atoms with E-state index in [1.54, 1.807) is 35.5 Å². The molecule has 11 heteroatoms. The van der Waals surface area contributed by atoms with E-state index in [1.165, 1.54) is 0 Å². The molecule has 0 spiro atoms. The van der Waals surface area contributed by atoms with Gasteiger partial charge in [0.1, 0.15) is 0 Å². The molecule has 0 aromatic heterocycles. The highest BCUT2D eigenvalue weighted by Crippen LogP contribution is 2.15. The molecule has 0 amide bonds. The average molecular weight is 402 g/mol. The van der Waals surface area contributed by atoms with Crippen LogP contribution in [0.4, 0.5) is 0 Å². The summed E-state index contributed by atoms with van der Waals surface area (Å²) in [6, 6.07) is 1.55. The third kappa shape index (κ3) is 12.1. The molecule has 0 aliphatic heterocycles. The van der Waals surface area contributed by atoms with Crippen molar-refractivity contribution in [2.45, 2.75) is 31.4 Å². The van der Waals surface area contributed by atoms with Crippen molar-refractivity contribution in [3.05, 3.63) is 0 Å². The van der Waals surface area contributed by atoms with Crippen LogP contribution in [-0.2, 0) is 26.6 Å². The predicted octanol–water partition coefficient (Wildman–Crippen LogP) is 0.146. The fraction of sp³-hybridized carbons (Fsp3) is 1.00. The third-order valence-corrected chi connectivity index (χ3v) is 9.29. The number of nitrogens with two attached hydrogens (primary N) is 3. The van der Waals surface area contributed by atoms with Gasteiger partial charge in [0.05, 0.1) is 0 Å². The molecule has 0 unspecified atom stereocenters. The summed E-state index contributed by atoms with van der Waals surface area (Å²) in [5, 5.41) is 0. The molecule has 0 radical (unpaired) electrons. The monoisotopic (exact) mass is 401 g/mol. The number of hydrogen-bond acceptors (Lipinski definition) is 9. The lowest BCUT2D eigenvalue weighted by Gasteiger charge is -2.26. The van der Waals surface area contributed by atoms with Crippen molar-refractivity contribution >= 4 is 17.6 Å². The Morgan fingerprint density at radius 1 is 0.560 bits per heavy atom. The smallest absolute Gasteiger partial charge is 0.377 e. The van der Waals surface area contributed by atoms with Crippen molar-refractivity contribution in [2.24, 2.45) is 17.2 Å². The Balaban J connectivity index is 0. The second-order valence-corrected chi connectivity index (χ2v) is 11.2. The van der Waals surface area contributed by atoms with Crippen LogP contribution in [0, 0.1) is 0 Å². The zero-order valence-corrected chi connectivity index (χ0v) is 18.5. The van der Waals surface area contributed by atoms with Crippen molar-refractivity contribution < 1.29 is 26.6 Å². The molecule has 0 heterocycles. The van der Waals surface area contributed by atoms with Crippen molar-refractivity contribution in [1.82, 2.24) is 0 Å². The van der Waals surface area contributed by atoms with Crippen LogP contribution < -0.4 is 17.2 Å². The Bertz CT molecular complexity index is 277. The molecule has 0 aromatic carbocycles. The van der Waals surface area contributed by atoms with Gasteiger partial charge in [0.2, 0.25) is 0 Å². The highest BCUT2D eigenvalue weighted by atomic mass is 28.4. The van der Waals surface area contributed by atoms with Crippen LogP contribution in [0.5, 0.6) is 0 Å². The topological polar surface area (TPSA) is 133 Å². The molecule has 0 aliphatic rings. The first-order valence-electron chi connectivity index (χ1n) is 8.49. The molecular formula is C14H39N3O6Si2. The second-order valence-electron chi connectivity index (χ2n) is 5.16. The lowest BCUT2D eigenvalue weighted by Crippen LogP contribution is -2.44. The standard InChI is InChI=1S/C8H22N2O3Si.C6H17NO3Si/c1-11-14(12-2,8-4-6-10)13-7-3-5-9;1-8-11(9-2,10-3)6-4-5-7/h3-10H2,1-2H3;4-7H2,1-3H3. The van der Waals surface area contributed by atoms with Gasteiger partial charge in [0.15, 0.2) is 0 Å². The van der Waals surface area contributed by atoms with E-state index in [4.69, 9.17) is 43.8 Å². The van der Waals surface area contributed by atoms with Crippen LogP contribution in [0.2, 0.25) is 12.1 Å². The minimum atomic E-state index is -2.44. The quantitative estimate of drug-likeness (QED) is 0.259. The fourth-order valence-electron chi connectivity index (χ4n) is 1.98. The van der Waals surface area contributed by atoms with Crippen molar-refractivity contribution in [3.63, 3.8) is 0 Å². The van der Waals surface area contributed by atoms with Crippen LogP contribution in [0.15, 0.2) is 0 Å². The minimum absolute atomic E-state index is 0.592. The SMILES string of the molecule is CO[Si](CCCN)(OC)OC.CO[Si](CCCN)(OC)OCCCN. The van der Waals surface area contributed by atoms with Gasteiger partial charge < -0.3 is 43.8 Å².